The number of piperidine rings is 1. The lowest BCUT2D eigenvalue weighted by Gasteiger charge is -2.24. The number of carbonyl (C=O) groups is 1. The summed E-state index contributed by atoms with van der Waals surface area (Å²) in [5, 5.41) is 6.21. The van der Waals surface area contributed by atoms with Crippen LogP contribution in [0.1, 0.15) is 23.2 Å². The van der Waals surface area contributed by atoms with Crippen LogP contribution in [0.2, 0.25) is 0 Å². The molecular formula is C12H14FIN2O. The van der Waals surface area contributed by atoms with Gasteiger partial charge in [-0.1, -0.05) is 0 Å². The molecule has 1 heterocycles. The molecule has 0 saturated carbocycles. The van der Waals surface area contributed by atoms with E-state index in [2.05, 4.69) is 10.6 Å². The average Bonchev–Trinajstić information content (AvgIpc) is 2.30. The zero-order valence-electron chi connectivity index (χ0n) is 9.30. The lowest BCUT2D eigenvalue weighted by atomic mass is 10.1. The Hall–Kier alpha value is -0.690. The standard InChI is InChI=1S/C12H14FIN2O/c13-8-3-4-10(11(14)6-8)12(17)16-9-2-1-5-15-7-9/h3-4,6,9,15H,1-2,5,7H2,(H,16,17)/t9-/m1/s1. The monoisotopic (exact) mass is 348 g/mol. The summed E-state index contributed by atoms with van der Waals surface area (Å²) in [7, 11) is 0. The lowest BCUT2D eigenvalue weighted by Crippen LogP contribution is -2.45. The van der Waals surface area contributed by atoms with E-state index in [1.165, 1.54) is 18.2 Å². The Morgan fingerprint density at radius 3 is 3.00 bits per heavy atom. The summed E-state index contributed by atoms with van der Waals surface area (Å²) in [6.45, 7) is 1.82. The normalized spacial score (nSPS) is 20.0. The van der Waals surface area contributed by atoms with Crippen LogP contribution < -0.4 is 10.6 Å². The van der Waals surface area contributed by atoms with Gasteiger partial charge in [-0.05, 0) is 60.2 Å². The highest BCUT2D eigenvalue weighted by Crippen LogP contribution is 2.14. The van der Waals surface area contributed by atoms with E-state index in [0.29, 0.717) is 9.13 Å². The van der Waals surface area contributed by atoms with E-state index in [-0.39, 0.29) is 17.8 Å². The molecule has 1 aliphatic rings. The third-order valence-corrected chi connectivity index (χ3v) is 3.70. The van der Waals surface area contributed by atoms with Crippen molar-refractivity contribution in [1.82, 2.24) is 10.6 Å². The van der Waals surface area contributed by atoms with Crippen molar-refractivity contribution >= 4 is 28.5 Å². The molecule has 0 unspecified atom stereocenters. The van der Waals surface area contributed by atoms with E-state index in [9.17, 15) is 9.18 Å². The summed E-state index contributed by atoms with van der Waals surface area (Å²) in [5.74, 6) is -0.437. The molecule has 1 aliphatic heterocycles. The van der Waals surface area contributed by atoms with Gasteiger partial charge in [0, 0.05) is 16.2 Å². The summed E-state index contributed by atoms with van der Waals surface area (Å²) >= 11 is 1.98. The fourth-order valence-electron chi connectivity index (χ4n) is 1.91. The number of rotatable bonds is 2. The smallest absolute Gasteiger partial charge is 0.252 e. The van der Waals surface area contributed by atoms with Gasteiger partial charge in [-0.2, -0.15) is 0 Å². The topological polar surface area (TPSA) is 41.1 Å². The van der Waals surface area contributed by atoms with Crippen LogP contribution in [0.5, 0.6) is 0 Å². The molecule has 1 aromatic carbocycles. The molecule has 0 radical (unpaired) electrons. The number of hydrogen-bond donors (Lipinski definition) is 2. The van der Waals surface area contributed by atoms with Gasteiger partial charge in [0.05, 0.1) is 5.56 Å². The van der Waals surface area contributed by atoms with Gasteiger partial charge in [-0.3, -0.25) is 4.79 Å². The molecule has 17 heavy (non-hydrogen) atoms. The number of nitrogens with one attached hydrogen (secondary N) is 2. The van der Waals surface area contributed by atoms with Crippen molar-refractivity contribution in [2.45, 2.75) is 18.9 Å². The Balaban J connectivity index is 2.03. The minimum atomic E-state index is -0.315. The van der Waals surface area contributed by atoms with Crippen molar-refractivity contribution in [3.63, 3.8) is 0 Å². The highest BCUT2D eigenvalue weighted by atomic mass is 127. The molecule has 1 aromatic rings. The van der Waals surface area contributed by atoms with E-state index in [1.54, 1.807) is 0 Å². The first kappa shape index (κ1) is 12.8. The second-order valence-electron chi connectivity index (χ2n) is 4.14. The third-order valence-electron chi connectivity index (χ3n) is 2.81. The van der Waals surface area contributed by atoms with Crippen molar-refractivity contribution in [1.29, 1.82) is 0 Å². The van der Waals surface area contributed by atoms with E-state index in [1.807, 2.05) is 22.6 Å². The lowest BCUT2D eigenvalue weighted by molar-refractivity contribution is 0.0929. The molecule has 1 saturated heterocycles. The van der Waals surface area contributed by atoms with Gasteiger partial charge in [0.1, 0.15) is 5.82 Å². The Bertz CT molecular complexity index is 419. The molecule has 2 N–H and O–H groups in total. The number of amides is 1. The fourth-order valence-corrected chi connectivity index (χ4v) is 2.63. The maximum Gasteiger partial charge on any atom is 0.252 e. The van der Waals surface area contributed by atoms with Crippen molar-refractivity contribution in [3.8, 4) is 0 Å². The van der Waals surface area contributed by atoms with Gasteiger partial charge < -0.3 is 10.6 Å². The van der Waals surface area contributed by atoms with Crippen LogP contribution in [0.4, 0.5) is 4.39 Å². The van der Waals surface area contributed by atoms with Crippen LogP contribution in [-0.2, 0) is 0 Å². The largest absolute Gasteiger partial charge is 0.348 e. The first-order valence-electron chi connectivity index (χ1n) is 5.63. The zero-order chi connectivity index (χ0) is 12.3. The Kier molecular flexibility index (Phi) is 4.33. The SMILES string of the molecule is O=C(N[C@@H]1CCCNC1)c1ccc(F)cc1I. The molecule has 2 rings (SSSR count). The summed E-state index contributed by atoms with van der Waals surface area (Å²) in [6, 6.07) is 4.39. The number of benzene rings is 1. The summed E-state index contributed by atoms with van der Waals surface area (Å²) in [5.41, 5.74) is 0.539. The number of carbonyl (C=O) groups excluding carboxylic acids is 1. The number of hydrogen-bond acceptors (Lipinski definition) is 2. The van der Waals surface area contributed by atoms with Crippen LogP contribution in [0, 0.1) is 9.39 Å². The summed E-state index contributed by atoms with van der Waals surface area (Å²) in [4.78, 5) is 12.0. The molecular weight excluding hydrogens is 334 g/mol. The van der Waals surface area contributed by atoms with Gasteiger partial charge in [0.15, 0.2) is 0 Å². The highest BCUT2D eigenvalue weighted by Gasteiger charge is 2.17. The molecule has 0 aromatic heterocycles. The second kappa shape index (κ2) is 5.77. The Morgan fingerprint density at radius 1 is 1.53 bits per heavy atom. The Labute approximate surface area is 113 Å². The van der Waals surface area contributed by atoms with Gasteiger partial charge in [0.25, 0.3) is 5.91 Å². The van der Waals surface area contributed by atoms with Crippen molar-refractivity contribution in [2.75, 3.05) is 13.1 Å². The van der Waals surface area contributed by atoms with Gasteiger partial charge >= 0.3 is 0 Å². The third kappa shape index (κ3) is 3.38. The van der Waals surface area contributed by atoms with Crippen LogP contribution in [0.15, 0.2) is 18.2 Å². The molecule has 1 atom stereocenters. The van der Waals surface area contributed by atoms with Crippen LogP contribution in [0.25, 0.3) is 0 Å². The maximum atomic E-state index is 12.9. The van der Waals surface area contributed by atoms with Gasteiger partial charge in [-0.25, -0.2) is 4.39 Å². The predicted octanol–water partition coefficient (Wildman–Crippen LogP) is 1.91. The summed E-state index contributed by atoms with van der Waals surface area (Å²) in [6.07, 6.45) is 2.07. The molecule has 1 fully saturated rings. The van der Waals surface area contributed by atoms with Crippen LogP contribution in [-0.4, -0.2) is 25.0 Å². The Morgan fingerprint density at radius 2 is 2.35 bits per heavy atom. The first-order valence-corrected chi connectivity index (χ1v) is 6.71. The highest BCUT2D eigenvalue weighted by molar-refractivity contribution is 14.1. The maximum absolute atomic E-state index is 12.9. The fraction of sp³-hybridized carbons (Fsp3) is 0.417. The molecule has 1 amide bonds. The molecule has 3 nitrogen and oxygen atoms in total. The second-order valence-corrected chi connectivity index (χ2v) is 5.30. The zero-order valence-corrected chi connectivity index (χ0v) is 11.5. The number of halogens is 2. The van der Waals surface area contributed by atoms with E-state index >= 15 is 0 Å². The van der Waals surface area contributed by atoms with Crippen LogP contribution in [0.3, 0.4) is 0 Å². The van der Waals surface area contributed by atoms with Crippen molar-refractivity contribution in [2.24, 2.45) is 0 Å². The van der Waals surface area contributed by atoms with Gasteiger partial charge in [-0.15, -0.1) is 0 Å². The minimum Gasteiger partial charge on any atom is -0.348 e. The molecule has 0 spiro atoms. The van der Waals surface area contributed by atoms with Crippen molar-refractivity contribution < 1.29 is 9.18 Å². The molecule has 92 valence electrons. The van der Waals surface area contributed by atoms with Gasteiger partial charge in [0.2, 0.25) is 0 Å². The summed E-state index contributed by atoms with van der Waals surface area (Å²) < 4.78 is 13.6. The van der Waals surface area contributed by atoms with Crippen LogP contribution >= 0.6 is 22.6 Å². The quantitative estimate of drug-likeness (QED) is 0.802. The molecule has 0 bridgehead atoms. The minimum absolute atomic E-state index is 0.122. The van der Waals surface area contributed by atoms with E-state index in [0.717, 1.165) is 25.9 Å². The van der Waals surface area contributed by atoms with E-state index in [4.69, 9.17) is 0 Å². The first-order chi connectivity index (χ1) is 8.16. The average molecular weight is 348 g/mol. The molecule has 5 heteroatoms. The predicted molar refractivity (Wildman–Crippen MR) is 72.5 cm³/mol. The van der Waals surface area contributed by atoms with E-state index < -0.39 is 0 Å². The van der Waals surface area contributed by atoms with Crippen molar-refractivity contribution in [3.05, 3.63) is 33.1 Å². The molecule has 0 aliphatic carbocycles.